The summed E-state index contributed by atoms with van der Waals surface area (Å²) in [6, 6.07) is 21.0. The highest BCUT2D eigenvalue weighted by atomic mass is 16.5. The second-order valence-electron chi connectivity index (χ2n) is 5.35. The Kier molecular flexibility index (Phi) is 7.10. The van der Waals surface area contributed by atoms with E-state index in [0.29, 0.717) is 6.61 Å². The SMILES string of the molecule is COCCC(OC)N(Cc1ccccc1)Cc1ccccc1. The van der Waals surface area contributed by atoms with Gasteiger partial charge < -0.3 is 9.47 Å². The molecule has 0 saturated heterocycles. The molecule has 0 heterocycles. The van der Waals surface area contributed by atoms with Crippen LogP contribution in [0.5, 0.6) is 0 Å². The van der Waals surface area contributed by atoms with Crippen molar-refractivity contribution < 1.29 is 9.47 Å². The molecule has 2 rings (SSSR count). The summed E-state index contributed by atoms with van der Waals surface area (Å²) < 4.78 is 10.9. The number of benzene rings is 2. The Bertz CT molecular complexity index is 474. The molecule has 0 spiro atoms. The van der Waals surface area contributed by atoms with Crippen LogP contribution in [0.4, 0.5) is 0 Å². The van der Waals surface area contributed by atoms with Gasteiger partial charge in [0.25, 0.3) is 0 Å². The van der Waals surface area contributed by atoms with Crippen molar-refractivity contribution in [1.82, 2.24) is 4.90 Å². The van der Waals surface area contributed by atoms with E-state index in [4.69, 9.17) is 9.47 Å². The smallest absolute Gasteiger partial charge is 0.113 e. The van der Waals surface area contributed by atoms with Gasteiger partial charge in [-0.05, 0) is 11.1 Å². The Morgan fingerprint density at radius 2 is 1.32 bits per heavy atom. The Labute approximate surface area is 133 Å². The fourth-order valence-corrected chi connectivity index (χ4v) is 2.56. The van der Waals surface area contributed by atoms with Crippen LogP contribution < -0.4 is 0 Å². The van der Waals surface area contributed by atoms with Gasteiger partial charge in [-0.15, -0.1) is 0 Å². The van der Waals surface area contributed by atoms with Gasteiger partial charge in [-0.2, -0.15) is 0 Å². The van der Waals surface area contributed by atoms with Gasteiger partial charge >= 0.3 is 0 Å². The lowest BCUT2D eigenvalue weighted by Gasteiger charge is -2.30. The molecular weight excluding hydrogens is 274 g/mol. The summed E-state index contributed by atoms with van der Waals surface area (Å²) in [5.41, 5.74) is 2.58. The van der Waals surface area contributed by atoms with Crippen molar-refractivity contribution in [2.45, 2.75) is 25.7 Å². The minimum absolute atomic E-state index is 0.0420. The third-order valence-corrected chi connectivity index (χ3v) is 3.71. The zero-order valence-electron chi connectivity index (χ0n) is 13.4. The van der Waals surface area contributed by atoms with Crippen molar-refractivity contribution in [1.29, 1.82) is 0 Å². The maximum absolute atomic E-state index is 5.70. The van der Waals surface area contributed by atoms with Crippen LogP contribution in [-0.4, -0.2) is 32.0 Å². The first kappa shape index (κ1) is 16.7. The summed E-state index contributed by atoms with van der Waals surface area (Å²) in [4.78, 5) is 2.35. The normalized spacial score (nSPS) is 12.5. The van der Waals surface area contributed by atoms with E-state index in [1.165, 1.54) is 11.1 Å². The monoisotopic (exact) mass is 299 g/mol. The molecule has 0 fully saturated rings. The lowest BCUT2D eigenvalue weighted by atomic mass is 10.1. The van der Waals surface area contributed by atoms with E-state index in [1.54, 1.807) is 14.2 Å². The molecule has 2 aromatic rings. The quantitative estimate of drug-likeness (QED) is 0.659. The summed E-state index contributed by atoms with van der Waals surface area (Å²) in [5, 5.41) is 0. The highest BCUT2D eigenvalue weighted by molar-refractivity contribution is 5.17. The van der Waals surface area contributed by atoms with E-state index in [2.05, 4.69) is 53.4 Å². The first-order chi connectivity index (χ1) is 10.8. The zero-order chi connectivity index (χ0) is 15.6. The van der Waals surface area contributed by atoms with Gasteiger partial charge in [0.05, 0.1) is 0 Å². The van der Waals surface area contributed by atoms with E-state index in [0.717, 1.165) is 19.5 Å². The van der Waals surface area contributed by atoms with Crippen LogP contribution in [-0.2, 0) is 22.6 Å². The first-order valence-electron chi connectivity index (χ1n) is 7.67. The molecular formula is C19H25NO2. The number of methoxy groups -OCH3 is 2. The van der Waals surface area contributed by atoms with Crippen LogP contribution in [0.15, 0.2) is 60.7 Å². The van der Waals surface area contributed by atoms with Crippen LogP contribution in [0.3, 0.4) is 0 Å². The van der Waals surface area contributed by atoms with Gasteiger partial charge in [-0.25, -0.2) is 0 Å². The lowest BCUT2D eigenvalue weighted by molar-refractivity contribution is -0.0579. The third-order valence-electron chi connectivity index (χ3n) is 3.71. The minimum Gasteiger partial charge on any atom is -0.385 e. The fourth-order valence-electron chi connectivity index (χ4n) is 2.56. The van der Waals surface area contributed by atoms with Crippen LogP contribution in [0, 0.1) is 0 Å². The molecule has 3 heteroatoms. The maximum atomic E-state index is 5.70. The number of nitrogens with zero attached hydrogens (tertiary/aromatic N) is 1. The molecule has 2 aromatic carbocycles. The Hall–Kier alpha value is -1.68. The van der Waals surface area contributed by atoms with Crippen molar-refractivity contribution >= 4 is 0 Å². The van der Waals surface area contributed by atoms with E-state index in [9.17, 15) is 0 Å². The van der Waals surface area contributed by atoms with Gasteiger partial charge in [0.2, 0.25) is 0 Å². The fraction of sp³-hybridized carbons (Fsp3) is 0.368. The van der Waals surface area contributed by atoms with Crippen molar-refractivity contribution in [3.63, 3.8) is 0 Å². The van der Waals surface area contributed by atoms with Gasteiger partial charge in [-0.3, -0.25) is 4.90 Å². The topological polar surface area (TPSA) is 21.7 Å². The predicted molar refractivity (Wildman–Crippen MR) is 89.4 cm³/mol. The van der Waals surface area contributed by atoms with Crippen molar-refractivity contribution in [3.05, 3.63) is 71.8 Å². The molecule has 0 aliphatic heterocycles. The largest absolute Gasteiger partial charge is 0.385 e. The van der Waals surface area contributed by atoms with Crippen LogP contribution >= 0.6 is 0 Å². The summed E-state index contributed by atoms with van der Waals surface area (Å²) in [7, 11) is 3.49. The van der Waals surface area contributed by atoms with Crippen LogP contribution in [0.2, 0.25) is 0 Å². The number of hydrogen-bond acceptors (Lipinski definition) is 3. The molecule has 0 N–H and O–H groups in total. The van der Waals surface area contributed by atoms with Crippen LogP contribution in [0.1, 0.15) is 17.5 Å². The minimum atomic E-state index is 0.0420. The molecule has 0 amide bonds. The molecule has 0 aliphatic carbocycles. The number of ether oxygens (including phenoxy) is 2. The molecule has 3 nitrogen and oxygen atoms in total. The Morgan fingerprint density at radius 3 is 1.73 bits per heavy atom. The predicted octanol–water partition coefficient (Wildman–Crippen LogP) is 3.70. The van der Waals surface area contributed by atoms with Crippen LogP contribution in [0.25, 0.3) is 0 Å². The third kappa shape index (κ3) is 5.26. The second kappa shape index (κ2) is 9.36. The average molecular weight is 299 g/mol. The molecule has 1 unspecified atom stereocenters. The Balaban J connectivity index is 2.11. The lowest BCUT2D eigenvalue weighted by Crippen LogP contribution is -2.36. The number of hydrogen-bond donors (Lipinski definition) is 0. The summed E-state index contributed by atoms with van der Waals surface area (Å²) >= 11 is 0. The maximum Gasteiger partial charge on any atom is 0.113 e. The average Bonchev–Trinajstić information content (AvgIpc) is 2.57. The highest BCUT2D eigenvalue weighted by Gasteiger charge is 2.18. The molecule has 0 radical (unpaired) electrons. The first-order valence-corrected chi connectivity index (χ1v) is 7.67. The van der Waals surface area contributed by atoms with Crippen molar-refractivity contribution in [3.8, 4) is 0 Å². The van der Waals surface area contributed by atoms with Crippen molar-refractivity contribution in [2.24, 2.45) is 0 Å². The molecule has 118 valence electrons. The van der Waals surface area contributed by atoms with Gasteiger partial charge in [0, 0.05) is 40.3 Å². The summed E-state index contributed by atoms with van der Waals surface area (Å²) in [5.74, 6) is 0. The van der Waals surface area contributed by atoms with E-state index in [1.807, 2.05) is 12.1 Å². The molecule has 22 heavy (non-hydrogen) atoms. The molecule has 0 aliphatic rings. The van der Waals surface area contributed by atoms with Gasteiger partial charge in [0.1, 0.15) is 6.23 Å². The summed E-state index contributed by atoms with van der Waals surface area (Å²) in [6.07, 6.45) is 0.896. The van der Waals surface area contributed by atoms with E-state index >= 15 is 0 Å². The second-order valence-corrected chi connectivity index (χ2v) is 5.35. The standard InChI is InChI=1S/C19H25NO2/c1-21-14-13-19(22-2)20(15-17-9-5-3-6-10-17)16-18-11-7-4-8-12-18/h3-12,19H,13-16H2,1-2H3. The highest BCUT2D eigenvalue weighted by Crippen LogP contribution is 2.16. The van der Waals surface area contributed by atoms with E-state index in [-0.39, 0.29) is 6.23 Å². The number of rotatable bonds is 9. The van der Waals surface area contributed by atoms with Gasteiger partial charge in [0.15, 0.2) is 0 Å². The molecule has 0 bridgehead atoms. The summed E-state index contributed by atoms with van der Waals surface area (Å²) in [6.45, 7) is 2.41. The van der Waals surface area contributed by atoms with Crippen molar-refractivity contribution in [2.75, 3.05) is 20.8 Å². The Morgan fingerprint density at radius 1 is 0.818 bits per heavy atom. The van der Waals surface area contributed by atoms with E-state index < -0.39 is 0 Å². The molecule has 0 saturated carbocycles. The van der Waals surface area contributed by atoms with Gasteiger partial charge in [-0.1, -0.05) is 60.7 Å². The molecule has 0 aromatic heterocycles. The zero-order valence-corrected chi connectivity index (χ0v) is 13.4. The molecule has 1 atom stereocenters.